The molecule has 178 valence electrons. The van der Waals surface area contributed by atoms with Crippen LogP contribution in [-0.2, 0) is 16.1 Å². The number of hydrogen-bond acceptors (Lipinski definition) is 6. The van der Waals surface area contributed by atoms with E-state index in [9.17, 15) is 9.59 Å². The summed E-state index contributed by atoms with van der Waals surface area (Å²) in [7, 11) is 0. The van der Waals surface area contributed by atoms with Gasteiger partial charge >= 0.3 is 6.09 Å². The molecule has 35 heavy (non-hydrogen) atoms. The average Bonchev–Trinajstić information content (AvgIpc) is 2.88. The van der Waals surface area contributed by atoms with E-state index < -0.39 is 12.1 Å². The Morgan fingerprint density at radius 2 is 1.74 bits per heavy atom. The van der Waals surface area contributed by atoms with Crippen LogP contribution in [0.2, 0.25) is 0 Å². The van der Waals surface area contributed by atoms with Gasteiger partial charge in [-0.3, -0.25) is 4.79 Å². The fourth-order valence-electron chi connectivity index (χ4n) is 3.23. The first-order valence-electron chi connectivity index (χ1n) is 11.1. The molecule has 0 saturated heterocycles. The first-order chi connectivity index (χ1) is 17.1. The van der Waals surface area contributed by atoms with E-state index in [0.717, 1.165) is 16.7 Å². The molecule has 0 aliphatic carbocycles. The molecule has 2 amide bonds. The molecule has 0 aliphatic rings. The van der Waals surface area contributed by atoms with Crippen LogP contribution in [0.4, 0.5) is 4.79 Å². The van der Waals surface area contributed by atoms with E-state index in [4.69, 9.17) is 14.7 Å². The fourth-order valence-corrected chi connectivity index (χ4v) is 3.23. The van der Waals surface area contributed by atoms with Gasteiger partial charge in [-0.2, -0.15) is 10.4 Å². The zero-order valence-electron chi connectivity index (χ0n) is 19.3. The second-order valence-electron chi connectivity index (χ2n) is 7.45. The zero-order valence-corrected chi connectivity index (χ0v) is 19.3. The van der Waals surface area contributed by atoms with E-state index in [1.165, 1.54) is 6.21 Å². The zero-order chi connectivity index (χ0) is 24.9. The van der Waals surface area contributed by atoms with Gasteiger partial charge in [0, 0.05) is 5.56 Å². The van der Waals surface area contributed by atoms with Crippen LogP contribution >= 0.6 is 0 Å². The Balaban J connectivity index is 1.52. The first-order valence-corrected chi connectivity index (χ1v) is 11.1. The van der Waals surface area contributed by atoms with Crippen molar-refractivity contribution < 1.29 is 19.1 Å². The van der Waals surface area contributed by atoms with Crippen molar-refractivity contribution in [2.45, 2.75) is 26.0 Å². The van der Waals surface area contributed by atoms with Gasteiger partial charge in [0.25, 0.3) is 0 Å². The number of hydrogen-bond donors (Lipinski definition) is 2. The van der Waals surface area contributed by atoms with Crippen LogP contribution in [0.3, 0.4) is 0 Å². The lowest BCUT2D eigenvalue weighted by atomic mass is 10.0. The molecule has 2 N–H and O–H groups in total. The Kier molecular flexibility index (Phi) is 9.40. The largest absolute Gasteiger partial charge is 0.489 e. The van der Waals surface area contributed by atoms with Crippen LogP contribution in [0, 0.1) is 11.3 Å². The molecular formula is C27H26N4O4. The first kappa shape index (κ1) is 25.0. The van der Waals surface area contributed by atoms with E-state index in [-0.39, 0.29) is 25.5 Å². The van der Waals surface area contributed by atoms with Crippen molar-refractivity contribution in [2.75, 3.05) is 6.61 Å². The molecular weight excluding hydrogens is 444 g/mol. The fraction of sp³-hybridized carbons (Fsp3) is 0.185. The van der Waals surface area contributed by atoms with E-state index in [0.29, 0.717) is 11.3 Å². The number of benzene rings is 3. The van der Waals surface area contributed by atoms with Crippen LogP contribution in [0.25, 0.3) is 0 Å². The number of nitriles is 1. The maximum Gasteiger partial charge on any atom is 0.407 e. The van der Waals surface area contributed by atoms with Gasteiger partial charge in [-0.25, -0.2) is 10.2 Å². The Labute approximate surface area is 204 Å². The third-order valence-corrected chi connectivity index (χ3v) is 4.97. The molecule has 0 saturated carbocycles. The summed E-state index contributed by atoms with van der Waals surface area (Å²) in [6.45, 7) is 2.24. The molecule has 0 heterocycles. The van der Waals surface area contributed by atoms with Crippen LogP contribution in [0.1, 0.15) is 41.6 Å². The Morgan fingerprint density at radius 3 is 2.46 bits per heavy atom. The predicted molar refractivity (Wildman–Crippen MR) is 132 cm³/mol. The molecule has 0 spiro atoms. The Morgan fingerprint density at radius 1 is 1.03 bits per heavy atom. The minimum atomic E-state index is -0.587. The highest BCUT2D eigenvalue weighted by atomic mass is 16.5. The summed E-state index contributed by atoms with van der Waals surface area (Å²) < 4.78 is 10.7. The molecule has 8 nitrogen and oxygen atoms in total. The summed E-state index contributed by atoms with van der Waals surface area (Å²) in [4.78, 5) is 24.3. The average molecular weight is 471 g/mol. The standard InChI is InChI=1S/C27H26N4O4/c1-2-34-27(33)30-25(21-8-4-3-5-9-21)16-26(32)31-29-18-20-12-14-24(15-13-20)35-19-23-11-7-6-10-22(23)17-28/h3-15,18,25H,2,16,19H2,1H3,(H,30,33)(H,31,32)/b29-18-/t25-/m1/s1. The summed E-state index contributed by atoms with van der Waals surface area (Å²) in [6, 6.07) is 25.2. The molecule has 8 heteroatoms. The number of ether oxygens (including phenoxy) is 2. The predicted octanol–water partition coefficient (Wildman–Crippen LogP) is 4.46. The van der Waals surface area contributed by atoms with E-state index >= 15 is 0 Å². The lowest BCUT2D eigenvalue weighted by molar-refractivity contribution is -0.121. The minimum Gasteiger partial charge on any atom is -0.489 e. The number of nitrogens with one attached hydrogen (secondary N) is 2. The van der Waals surface area contributed by atoms with E-state index in [2.05, 4.69) is 21.9 Å². The summed E-state index contributed by atoms with van der Waals surface area (Å²) >= 11 is 0. The number of carbonyl (C=O) groups excluding carboxylic acids is 2. The highest BCUT2D eigenvalue weighted by Gasteiger charge is 2.18. The second-order valence-corrected chi connectivity index (χ2v) is 7.45. The van der Waals surface area contributed by atoms with Crippen molar-refractivity contribution in [3.05, 3.63) is 101 Å². The minimum absolute atomic E-state index is 0.00286. The van der Waals surface area contributed by atoms with Crippen molar-refractivity contribution >= 4 is 18.2 Å². The van der Waals surface area contributed by atoms with Crippen molar-refractivity contribution in [3.63, 3.8) is 0 Å². The van der Waals surface area contributed by atoms with Gasteiger partial charge in [0.15, 0.2) is 0 Å². The maximum atomic E-state index is 12.4. The molecule has 0 aromatic heterocycles. The number of carbonyl (C=O) groups is 2. The van der Waals surface area contributed by atoms with Crippen molar-refractivity contribution in [1.29, 1.82) is 5.26 Å². The van der Waals surface area contributed by atoms with Crippen molar-refractivity contribution in [2.24, 2.45) is 5.10 Å². The van der Waals surface area contributed by atoms with Gasteiger partial charge in [-0.15, -0.1) is 0 Å². The summed E-state index contributed by atoms with van der Waals surface area (Å²) in [5.41, 5.74) is 5.43. The summed E-state index contributed by atoms with van der Waals surface area (Å²) in [5, 5.41) is 15.9. The van der Waals surface area contributed by atoms with Gasteiger partial charge in [0.2, 0.25) is 5.91 Å². The lowest BCUT2D eigenvalue weighted by Crippen LogP contribution is -2.33. The number of amides is 2. The normalized spacial score (nSPS) is 11.3. The van der Waals surface area contributed by atoms with Crippen LogP contribution in [0.15, 0.2) is 84.0 Å². The van der Waals surface area contributed by atoms with Gasteiger partial charge in [-0.05, 0) is 48.4 Å². The molecule has 1 atom stereocenters. The monoisotopic (exact) mass is 470 g/mol. The van der Waals surface area contributed by atoms with E-state index in [1.54, 1.807) is 37.3 Å². The number of hydrazone groups is 1. The van der Waals surface area contributed by atoms with Gasteiger partial charge < -0.3 is 14.8 Å². The summed E-state index contributed by atoms with van der Waals surface area (Å²) in [6.07, 6.45) is 0.927. The number of nitrogens with zero attached hydrogens (tertiary/aromatic N) is 2. The van der Waals surface area contributed by atoms with Crippen LogP contribution in [-0.4, -0.2) is 24.8 Å². The highest BCUT2D eigenvalue weighted by Crippen LogP contribution is 2.17. The molecule has 3 rings (SSSR count). The third-order valence-electron chi connectivity index (χ3n) is 4.97. The Hall–Kier alpha value is -4.64. The molecule has 0 aliphatic heterocycles. The molecule has 3 aromatic carbocycles. The lowest BCUT2D eigenvalue weighted by Gasteiger charge is -2.18. The third kappa shape index (κ3) is 8.02. The van der Waals surface area contributed by atoms with Gasteiger partial charge in [-0.1, -0.05) is 48.5 Å². The quantitative estimate of drug-likeness (QED) is 0.335. The second kappa shape index (κ2) is 13.2. The van der Waals surface area contributed by atoms with Crippen molar-refractivity contribution in [1.82, 2.24) is 10.7 Å². The maximum absolute atomic E-state index is 12.4. The van der Waals surface area contributed by atoms with E-state index in [1.807, 2.05) is 48.5 Å². The molecule has 3 aromatic rings. The molecule has 0 radical (unpaired) electrons. The van der Waals surface area contributed by atoms with Crippen LogP contribution in [0.5, 0.6) is 5.75 Å². The number of rotatable bonds is 10. The highest BCUT2D eigenvalue weighted by molar-refractivity contribution is 5.83. The Bertz CT molecular complexity index is 1190. The van der Waals surface area contributed by atoms with Gasteiger partial charge in [0.1, 0.15) is 12.4 Å². The van der Waals surface area contributed by atoms with Crippen molar-refractivity contribution in [3.8, 4) is 11.8 Å². The van der Waals surface area contributed by atoms with Crippen LogP contribution < -0.4 is 15.5 Å². The number of alkyl carbamates (subject to hydrolysis) is 1. The summed E-state index contributed by atoms with van der Waals surface area (Å²) in [5.74, 6) is 0.290. The molecule has 0 fully saturated rings. The smallest absolute Gasteiger partial charge is 0.407 e. The van der Waals surface area contributed by atoms with Gasteiger partial charge in [0.05, 0.1) is 36.9 Å². The molecule has 0 bridgehead atoms. The molecule has 0 unspecified atom stereocenters. The SMILES string of the molecule is CCOC(=O)N[C@H](CC(=O)N/N=C\c1ccc(OCc2ccccc2C#N)cc1)c1ccccc1. The topological polar surface area (TPSA) is 113 Å².